The van der Waals surface area contributed by atoms with Gasteiger partial charge >= 0.3 is 0 Å². The van der Waals surface area contributed by atoms with Gasteiger partial charge in [0.25, 0.3) is 0 Å². The molecule has 2 aromatic rings. The van der Waals surface area contributed by atoms with E-state index < -0.39 is 0 Å². The molecule has 1 aromatic heterocycles. The van der Waals surface area contributed by atoms with Crippen LogP contribution in [-0.2, 0) is 0 Å². The number of nitrogens with one attached hydrogen (secondary N) is 1. The second-order valence-corrected chi connectivity index (χ2v) is 4.32. The minimum Gasteiger partial charge on any atom is -0.496 e. The molecule has 1 N–H and O–H groups in total. The van der Waals surface area contributed by atoms with Crippen molar-refractivity contribution in [2.24, 2.45) is 0 Å². The van der Waals surface area contributed by atoms with E-state index in [0.29, 0.717) is 5.69 Å². The van der Waals surface area contributed by atoms with Crippen LogP contribution in [0.1, 0.15) is 22.4 Å². The number of aryl methyl sites for hydroxylation is 2. The van der Waals surface area contributed by atoms with Gasteiger partial charge in [0, 0.05) is 11.6 Å². The summed E-state index contributed by atoms with van der Waals surface area (Å²) in [5.74, 6) is 0.834. The molecule has 0 aliphatic rings. The Morgan fingerprint density at radius 2 is 1.94 bits per heavy atom. The quantitative estimate of drug-likeness (QED) is 0.879. The van der Waals surface area contributed by atoms with Crippen LogP contribution in [0.25, 0.3) is 11.3 Å². The van der Waals surface area contributed by atoms with E-state index >= 15 is 0 Å². The Morgan fingerprint density at radius 3 is 2.50 bits per heavy atom. The maximum atomic E-state index is 8.83. The Hall–Kier alpha value is -2.28. The third-order valence-corrected chi connectivity index (χ3v) is 3.15. The third kappa shape index (κ3) is 1.84. The fourth-order valence-electron chi connectivity index (χ4n) is 2.15. The number of aromatic amines is 1. The molecule has 0 saturated carbocycles. The lowest BCUT2D eigenvalue weighted by atomic mass is 9.97. The zero-order chi connectivity index (χ0) is 13.3. The van der Waals surface area contributed by atoms with Crippen LogP contribution in [0.3, 0.4) is 0 Å². The van der Waals surface area contributed by atoms with E-state index in [2.05, 4.69) is 23.2 Å². The van der Waals surface area contributed by atoms with Crippen molar-refractivity contribution in [3.8, 4) is 23.1 Å². The predicted molar refractivity (Wildman–Crippen MR) is 69.5 cm³/mol. The van der Waals surface area contributed by atoms with Crippen molar-refractivity contribution in [3.05, 3.63) is 34.5 Å². The minimum atomic E-state index is 0.379. The molecule has 0 saturated heterocycles. The molecule has 0 amide bonds. The van der Waals surface area contributed by atoms with Crippen molar-refractivity contribution in [2.45, 2.75) is 20.8 Å². The van der Waals surface area contributed by atoms with Crippen LogP contribution >= 0.6 is 0 Å². The van der Waals surface area contributed by atoms with Gasteiger partial charge in [-0.1, -0.05) is 6.07 Å². The van der Waals surface area contributed by atoms with Gasteiger partial charge in [-0.05, 0) is 37.5 Å². The number of H-pyrrole nitrogens is 1. The Bertz CT molecular complexity index is 635. The third-order valence-electron chi connectivity index (χ3n) is 3.15. The molecule has 0 aliphatic heterocycles. The number of rotatable bonds is 2. The van der Waals surface area contributed by atoms with Gasteiger partial charge in [-0.2, -0.15) is 10.4 Å². The van der Waals surface area contributed by atoms with Gasteiger partial charge in [-0.25, -0.2) is 0 Å². The van der Waals surface area contributed by atoms with Gasteiger partial charge in [0.1, 0.15) is 11.8 Å². The lowest BCUT2D eigenvalue weighted by Crippen LogP contribution is -1.97. The maximum Gasteiger partial charge on any atom is 0.162 e. The monoisotopic (exact) mass is 241 g/mol. The number of hydrogen-bond donors (Lipinski definition) is 1. The second-order valence-electron chi connectivity index (χ2n) is 4.32. The number of ether oxygens (including phenoxy) is 1. The summed E-state index contributed by atoms with van der Waals surface area (Å²) >= 11 is 0. The molecule has 1 aromatic carbocycles. The zero-order valence-corrected chi connectivity index (χ0v) is 11.0. The van der Waals surface area contributed by atoms with Gasteiger partial charge in [0.05, 0.1) is 12.8 Å². The highest BCUT2D eigenvalue weighted by molar-refractivity contribution is 5.74. The molecule has 2 rings (SSSR count). The Morgan fingerprint density at radius 1 is 1.22 bits per heavy atom. The number of benzene rings is 1. The normalized spacial score (nSPS) is 10.2. The summed E-state index contributed by atoms with van der Waals surface area (Å²) in [6.07, 6.45) is 0. The SMILES string of the molecule is COc1c(C)c(C)cc(C)c1-c1cc(C#N)n[nH]1. The van der Waals surface area contributed by atoms with Crippen LogP contribution < -0.4 is 4.74 Å². The van der Waals surface area contributed by atoms with E-state index in [1.165, 1.54) is 5.56 Å². The first-order valence-electron chi connectivity index (χ1n) is 5.69. The molecule has 0 bridgehead atoms. The highest BCUT2D eigenvalue weighted by atomic mass is 16.5. The van der Waals surface area contributed by atoms with E-state index in [-0.39, 0.29) is 0 Å². The molecule has 0 atom stereocenters. The maximum absolute atomic E-state index is 8.83. The number of aromatic nitrogens is 2. The number of nitrogens with zero attached hydrogens (tertiary/aromatic N) is 2. The lowest BCUT2D eigenvalue weighted by Gasteiger charge is -2.15. The van der Waals surface area contributed by atoms with Gasteiger partial charge in [-0.15, -0.1) is 0 Å². The molecular formula is C14H15N3O. The average Bonchev–Trinajstić information content (AvgIpc) is 2.81. The van der Waals surface area contributed by atoms with Crippen molar-refractivity contribution in [3.63, 3.8) is 0 Å². The van der Waals surface area contributed by atoms with Crippen molar-refractivity contribution in [1.29, 1.82) is 5.26 Å². The largest absolute Gasteiger partial charge is 0.496 e. The molecular weight excluding hydrogens is 226 g/mol. The average molecular weight is 241 g/mol. The van der Waals surface area contributed by atoms with Gasteiger partial charge in [0.15, 0.2) is 5.69 Å². The van der Waals surface area contributed by atoms with Gasteiger partial charge in [-0.3, -0.25) is 5.10 Å². The molecule has 0 fully saturated rings. The lowest BCUT2D eigenvalue weighted by molar-refractivity contribution is 0.412. The van der Waals surface area contributed by atoms with Crippen molar-refractivity contribution >= 4 is 0 Å². The van der Waals surface area contributed by atoms with E-state index in [1.807, 2.05) is 19.9 Å². The van der Waals surface area contributed by atoms with Crippen molar-refractivity contribution in [1.82, 2.24) is 10.2 Å². The number of hydrogen-bond acceptors (Lipinski definition) is 3. The standard InChI is InChI=1S/C14H15N3O/c1-8-5-9(2)13(14(18-4)10(8)3)12-6-11(7-15)16-17-12/h5-6H,1-4H3,(H,16,17). The van der Waals surface area contributed by atoms with Crippen LogP contribution in [0, 0.1) is 32.1 Å². The summed E-state index contributed by atoms with van der Waals surface area (Å²) in [5.41, 5.74) is 5.55. The Balaban J connectivity index is 2.70. The summed E-state index contributed by atoms with van der Waals surface area (Å²) in [6.45, 7) is 6.11. The molecule has 0 spiro atoms. The predicted octanol–water partition coefficient (Wildman–Crippen LogP) is 2.88. The van der Waals surface area contributed by atoms with Crippen molar-refractivity contribution < 1.29 is 4.74 Å². The Kier molecular flexibility index (Phi) is 3.07. The van der Waals surface area contributed by atoms with Crippen molar-refractivity contribution in [2.75, 3.05) is 7.11 Å². The van der Waals surface area contributed by atoms with Crippen LogP contribution in [0.2, 0.25) is 0 Å². The van der Waals surface area contributed by atoms with Crippen LogP contribution in [-0.4, -0.2) is 17.3 Å². The second kappa shape index (κ2) is 4.53. The Labute approximate surface area is 106 Å². The van der Waals surface area contributed by atoms with Gasteiger partial charge in [0.2, 0.25) is 0 Å². The number of nitriles is 1. The molecule has 92 valence electrons. The molecule has 4 nitrogen and oxygen atoms in total. The topological polar surface area (TPSA) is 61.7 Å². The first-order valence-corrected chi connectivity index (χ1v) is 5.69. The molecule has 18 heavy (non-hydrogen) atoms. The fraction of sp³-hybridized carbons (Fsp3) is 0.286. The highest BCUT2D eigenvalue weighted by Gasteiger charge is 2.16. The zero-order valence-electron chi connectivity index (χ0n) is 11.0. The molecule has 1 heterocycles. The first kappa shape index (κ1) is 12.2. The highest BCUT2D eigenvalue weighted by Crippen LogP contribution is 2.36. The summed E-state index contributed by atoms with van der Waals surface area (Å²) in [4.78, 5) is 0. The summed E-state index contributed by atoms with van der Waals surface area (Å²) < 4.78 is 5.50. The van der Waals surface area contributed by atoms with E-state index in [9.17, 15) is 0 Å². The first-order chi connectivity index (χ1) is 8.58. The van der Waals surface area contributed by atoms with Crippen LogP contribution in [0.15, 0.2) is 12.1 Å². The van der Waals surface area contributed by atoms with Crippen LogP contribution in [0.4, 0.5) is 0 Å². The summed E-state index contributed by atoms with van der Waals surface area (Å²) in [7, 11) is 1.66. The van der Waals surface area contributed by atoms with E-state index in [0.717, 1.165) is 28.1 Å². The number of methoxy groups -OCH3 is 1. The minimum absolute atomic E-state index is 0.379. The molecule has 4 heteroatoms. The fourth-order valence-corrected chi connectivity index (χ4v) is 2.15. The molecule has 0 radical (unpaired) electrons. The van der Waals surface area contributed by atoms with E-state index in [1.54, 1.807) is 13.2 Å². The van der Waals surface area contributed by atoms with Gasteiger partial charge < -0.3 is 4.74 Å². The van der Waals surface area contributed by atoms with E-state index in [4.69, 9.17) is 10.00 Å². The van der Waals surface area contributed by atoms with Crippen LogP contribution in [0.5, 0.6) is 5.75 Å². The molecule has 0 unspecified atom stereocenters. The smallest absolute Gasteiger partial charge is 0.162 e. The summed E-state index contributed by atoms with van der Waals surface area (Å²) in [6, 6.07) is 5.86. The molecule has 0 aliphatic carbocycles. The summed E-state index contributed by atoms with van der Waals surface area (Å²) in [5, 5.41) is 15.6.